The van der Waals surface area contributed by atoms with Gasteiger partial charge in [0.1, 0.15) is 12.4 Å². The number of carbonyl (C=O) groups excluding carboxylic acids is 1. The van der Waals surface area contributed by atoms with E-state index in [1.54, 1.807) is 30.3 Å². The number of hydrogen-bond donors (Lipinski definition) is 2. The monoisotopic (exact) mass is 438 g/mol. The van der Waals surface area contributed by atoms with Gasteiger partial charge in [0.2, 0.25) is 15.9 Å². The quantitative estimate of drug-likeness (QED) is 0.456. The molecule has 2 N–H and O–H groups in total. The molecule has 0 radical (unpaired) electrons. The molecule has 0 unspecified atom stereocenters. The summed E-state index contributed by atoms with van der Waals surface area (Å²) in [5.74, 6) is -0.881. The number of nitrogens with one attached hydrogen (secondary N) is 2. The van der Waals surface area contributed by atoms with Crippen molar-refractivity contribution in [3.05, 3.63) is 89.0 Å². The first-order valence-corrected chi connectivity index (χ1v) is 10.8. The van der Waals surface area contributed by atoms with Gasteiger partial charge in [0.15, 0.2) is 5.58 Å². The number of aromatic nitrogens is 2. The molecule has 0 spiro atoms. The molecule has 0 aliphatic carbocycles. The van der Waals surface area contributed by atoms with Crippen LogP contribution in [0.1, 0.15) is 5.56 Å². The Labute approximate surface area is 177 Å². The maximum atomic E-state index is 12.6. The van der Waals surface area contributed by atoms with Gasteiger partial charge in [-0.15, -0.1) is 0 Å². The Hall–Kier alpha value is -3.76. The van der Waals surface area contributed by atoms with Crippen LogP contribution in [0.2, 0.25) is 0 Å². The fraction of sp³-hybridized carbons (Fsp3) is 0.0952. The van der Waals surface area contributed by atoms with Crippen LogP contribution in [0.4, 0.5) is 5.82 Å². The molecular weight excluding hydrogens is 420 g/mol. The molecule has 158 valence electrons. The largest absolute Gasteiger partial charge is 0.420 e. The van der Waals surface area contributed by atoms with Crippen molar-refractivity contribution in [2.24, 2.45) is 0 Å². The van der Waals surface area contributed by atoms with E-state index in [0.29, 0.717) is 11.3 Å². The van der Waals surface area contributed by atoms with Crippen LogP contribution in [0.5, 0.6) is 0 Å². The summed E-state index contributed by atoms with van der Waals surface area (Å²) in [4.78, 5) is 28.4. The van der Waals surface area contributed by atoms with E-state index in [4.69, 9.17) is 4.42 Å². The molecule has 2 heterocycles. The van der Waals surface area contributed by atoms with Gasteiger partial charge >= 0.3 is 5.76 Å². The van der Waals surface area contributed by atoms with Gasteiger partial charge in [0.05, 0.1) is 10.4 Å². The Kier molecular flexibility index (Phi) is 5.65. The molecule has 4 aromatic rings. The van der Waals surface area contributed by atoms with Crippen molar-refractivity contribution < 1.29 is 17.6 Å². The Morgan fingerprint density at radius 2 is 1.81 bits per heavy atom. The predicted molar refractivity (Wildman–Crippen MR) is 114 cm³/mol. The van der Waals surface area contributed by atoms with E-state index in [1.807, 2.05) is 18.2 Å². The molecule has 0 atom stereocenters. The third kappa shape index (κ3) is 4.71. The van der Waals surface area contributed by atoms with Crippen molar-refractivity contribution in [3.63, 3.8) is 0 Å². The zero-order chi connectivity index (χ0) is 21.8. The van der Waals surface area contributed by atoms with Crippen LogP contribution in [-0.4, -0.2) is 23.9 Å². The number of pyridine rings is 1. The first-order chi connectivity index (χ1) is 14.9. The SMILES string of the molecule is O=C(Cn1c(=O)oc2cc(S(=O)(=O)NCc3ccccc3)ccc21)Nc1ccccn1. The Morgan fingerprint density at radius 1 is 1.03 bits per heavy atom. The number of hydrogen-bond acceptors (Lipinski definition) is 6. The van der Waals surface area contributed by atoms with E-state index in [-0.39, 0.29) is 23.6 Å². The zero-order valence-electron chi connectivity index (χ0n) is 16.2. The Bertz CT molecular complexity index is 1380. The van der Waals surface area contributed by atoms with Crippen molar-refractivity contribution in [2.75, 3.05) is 5.32 Å². The maximum absolute atomic E-state index is 12.6. The number of carbonyl (C=O) groups is 1. The number of benzene rings is 2. The number of fused-ring (bicyclic) bond motifs is 1. The molecule has 1 amide bonds. The lowest BCUT2D eigenvalue weighted by Gasteiger charge is -2.07. The van der Waals surface area contributed by atoms with Gasteiger partial charge in [0.25, 0.3) is 0 Å². The predicted octanol–water partition coefficient (Wildman–Crippen LogP) is 2.11. The van der Waals surface area contributed by atoms with E-state index in [0.717, 1.165) is 10.1 Å². The minimum atomic E-state index is -3.83. The Morgan fingerprint density at radius 3 is 2.55 bits per heavy atom. The van der Waals surface area contributed by atoms with Crippen LogP contribution < -0.4 is 15.8 Å². The molecule has 0 saturated heterocycles. The molecule has 0 bridgehead atoms. The van der Waals surface area contributed by atoms with E-state index in [1.165, 1.54) is 24.4 Å². The molecule has 4 rings (SSSR count). The number of nitrogens with zero attached hydrogens (tertiary/aromatic N) is 2. The van der Waals surface area contributed by atoms with Crippen molar-refractivity contribution in [1.82, 2.24) is 14.3 Å². The molecule has 2 aromatic heterocycles. The van der Waals surface area contributed by atoms with Gasteiger partial charge in [-0.2, -0.15) is 0 Å². The number of oxazole rings is 1. The molecule has 0 saturated carbocycles. The second-order valence-electron chi connectivity index (χ2n) is 6.66. The van der Waals surface area contributed by atoms with Gasteiger partial charge in [-0.3, -0.25) is 9.36 Å². The Balaban J connectivity index is 1.54. The summed E-state index contributed by atoms with van der Waals surface area (Å²) in [5, 5.41) is 2.58. The zero-order valence-corrected chi connectivity index (χ0v) is 17.0. The van der Waals surface area contributed by atoms with Crippen molar-refractivity contribution in [1.29, 1.82) is 0 Å². The molecule has 2 aromatic carbocycles. The van der Waals surface area contributed by atoms with Crippen LogP contribution in [0.25, 0.3) is 11.1 Å². The van der Waals surface area contributed by atoms with Crippen molar-refractivity contribution in [3.8, 4) is 0 Å². The molecule has 0 aliphatic rings. The lowest BCUT2D eigenvalue weighted by Crippen LogP contribution is -2.25. The summed E-state index contributed by atoms with van der Waals surface area (Å²) >= 11 is 0. The van der Waals surface area contributed by atoms with Gasteiger partial charge in [-0.25, -0.2) is 22.9 Å². The molecule has 10 heteroatoms. The van der Waals surface area contributed by atoms with Gasteiger partial charge in [0, 0.05) is 18.8 Å². The first-order valence-electron chi connectivity index (χ1n) is 9.30. The maximum Gasteiger partial charge on any atom is 0.420 e. The average Bonchev–Trinajstić information content (AvgIpc) is 3.08. The standard InChI is InChI=1S/C21H18N4O5S/c26-20(24-19-8-4-5-11-22-19)14-25-17-10-9-16(12-18(17)30-21(25)27)31(28,29)23-13-15-6-2-1-3-7-15/h1-12,23H,13-14H2,(H,22,24,26). The molecule has 0 aliphatic heterocycles. The van der Waals surface area contributed by atoms with E-state index >= 15 is 0 Å². The highest BCUT2D eigenvalue weighted by molar-refractivity contribution is 7.89. The molecular formula is C21H18N4O5S. The summed E-state index contributed by atoms with van der Waals surface area (Å²) in [6.07, 6.45) is 1.53. The summed E-state index contributed by atoms with van der Waals surface area (Å²) in [5.41, 5.74) is 1.19. The number of anilines is 1. The lowest BCUT2D eigenvalue weighted by atomic mass is 10.2. The number of sulfonamides is 1. The van der Waals surface area contributed by atoms with E-state index in [9.17, 15) is 18.0 Å². The smallest absolute Gasteiger partial charge is 0.408 e. The van der Waals surface area contributed by atoms with Crippen LogP contribution in [0, 0.1) is 0 Å². The summed E-state index contributed by atoms with van der Waals surface area (Å²) < 4.78 is 34.0. The summed E-state index contributed by atoms with van der Waals surface area (Å²) in [6, 6.07) is 18.2. The summed E-state index contributed by atoms with van der Waals surface area (Å²) in [6.45, 7) is -0.180. The van der Waals surface area contributed by atoms with Crippen molar-refractivity contribution in [2.45, 2.75) is 18.0 Å². The average molecular weight is 438 g/mol. The fourth-order valence-electron chi connectivity index (χ4n) is 2.98. The molecule has 9 nitrogen and oxygen atoms in total. The highest BCUT2D eigenvalue weighted by atomic mass is 32.2. The fourth-order valence-corrected chi connectivity index (χ4v) is 4.02. The molecule has 31 heavy (non-hydrogen) atoms. The summed E-state index contributed by atoms with van der Waals surface area (Å²) in [7, 11) is -3.83. The van der Waals surface area contributed by atoms with E-state index in [2.05, 4.69) is 15.0 Å². The van der Waals surface area contributed by atoms with Crippen LogP contribution >= 0.6 is 0 Å². The van der Waals surface area contributed by atoms with Gasteiger partial charge < -0.3 is 9.73 Å². The second-order valence-corrected chi connectivity index (χ2v) is 8.42. The van der Waals surface area contributed by atoms with Gasteiger partial charge in [-0.05, 0) is 29.8 Å². The van der Waals surface area contributed by atoms with Crippen LogP contribution in [0.15, 0.2) is 87.0 Å². The first kappa shape index (κ1) is 20.5. The lowest BCUT2D eigenvalue weighted by molar-refractivity contribution is -0.116. The van der Waals surface area contributed by atoms with Crippen LogP contribution in [-0.2, 0) is 27.9 Å². The number of rotatable bonds is 7. The minimum Gasteiger partial charge on any atom is -0.408 e. The van der Waals surface area contributed by atoms with Crippen LogP contribution in [0.3, 0.4) is 0 Å². The normalized spacial score (nSPS) is 11.5. The van der Waals surface area contributed by atoms with Crippen molar-refractivity contribution >= 4 is 32.8 Å². The van der Waals surface area contributed by atoms with E-state index < -0.39 is 21.7 Å². The van der Waals surface area contributed by atoms with Gasteiger partial charge in [-0.1, -0.05) is 36.4 Å². The minimum absolute atomic E-state index is 0.0465. The third-order valence-electron chi connectivity index (χ3n) is 4.49. The topological polar surface area (TPSA) is 123 Å². The highest BCUT2D eigenvalue weighted by Gasteiger charge is 2.18. The molecule has 0 fully saturated rings. The third-order valence-corrected chi connectivity index (χ3v) is 5.89. The highest BCUT2D eigenvalue weighted by Crippen LogP contribution is 2.19. The number of amides is 1. The second kappa shape index (κ2) is 8.54.